The predicted molar refractivity (Wildman–Crippen MR) is 109 cm³/mol. The van der Waals surface area contributed by atoms with Crippen molar-refractivity contribution in [2.75, 3.05) is 32.8 Å². The molecule has 6 heteroatoms. The van der Waals surface area contributed by atoms with E-state index in [4.69, 9.17) is 4.74 Å². The zero-order chi connectivity index (χ0) is 20.6. The summed E-state index contributed by atoms with van der Waals surface area (Å²) in [5.41, 5.74) is 1.41. The molecule has 0 saturated carbocycles. The third-order valence-corrected chi connectivity index (χ3v) is 5.06. The molecule has 0 radical (unpaired) electrons. The fourth-order valence-corrected chi connectivity index (χ4v) is 3.26. The van der Waals surface area contributed by atoms with Crippen molar-refractivity contribution in [3.8, 4) is 5.75 Å². The van der Waals surface area contributed by atoms with Crippen molar-refractivity contribution in [1.82, 2.24) is 9.80 Å². The molecule has 2 amide bonds. The molecule has 1 saturated heterocycles. The van der Waals surface area contributed by atoms with Gasteiger partial charge in [-0.25, -0.2) is 4.39 Å². The number of amides is 2. The Morgan fingerprint density at radius 1 is 0.931 bits per heavy atom. The highest BCUT2D eigenvalue weighted by Crippen LogP contribution is 2.16. The summed E-state index contributed by atoms with van der Waals surface area (Å²) in [7, 11) is 0. The van der Waals surface area contributed by atoms with E-state index in [1.54, 1.807) is 34.1 Å². The SMILES string of the molecule is CCCCOc1ccc(C(=O)N2CCN(C(=O)Cc3ccc(F)cc3)CC2)cc1. The number of hydrogen-bond donors (Lipinski definition) is 0. The molecule has 0 atom stereocenters. The lowest BCUT2D eigenvalue weighted by Gasteiger charge is -2.35. The van der Waals surface area contributed by atoms with E-state index in [0.29, 0.717) is 38.3 Å². The molecule has 5 nitrogen and oxygen atoms in total. The fraction of sp³-hybridized carbons (Fsp3) is 0.391. The highest BCUT2D eigenvalue weighted by Gasteiger charge is 2.24. The second-order valence-corrected chi connectivity index (χ2v) is 7.20. The smallest absolute Gasteiger partial charge is 0.253 e. The van der Waals surface area contributed by atoms with E-state index in [0.717, 1.165) is 24.2 Å². The van der Waals surface area contributed by atoms with E-state index < -0.39 is 0 Å². The lowest BCUT2D eigenvalue weighted by molar-refractivity contribution is -0.131. The highest BCUT2D eigenvalue weighted by molar-refractivity contribution is 5.94. The maximum Gasteiger partial charge on any atom is 0.253 e. The van der Waals surface area contributed by atoms with E-state index in [-0.39, 0.29) is 24.1 Å². The van der Waals surface area contributed by atoms with E-state index in [9.17, 15) is 14.0 Å². The zero-order valence-electron chi connectivity index (χ0n) is 16.8. The van der Waals surface area contributed by atoms with Crippen LogP contribution in [0.15, 0.2) is 48.5 Å². The van der Waals surface area contributed by atoms with Crippen LogP contribution in [0.25, 0.3) is 0 Å². The molecule has 0 spiro atoms. The van der Waals surface area contributed by atoms with Crippen molar-refractivity contribution in [1.29, 1.82) is 0 Å². The van der Waals surface area contributed by atoms with Crippen molar-refractivity contribution < 1.29 is 18.7 Å². The van der Waals surface area contributed by atoms with E-state index >= 15 is 0 Å². The third kappa shape index (κ3) is 5.79. The minimum Gasteiger partial charge on any atom is -0.494 e. The van der Waals surface area contributed by atoms with Gasteiger partial charge in [0.05, 0.1) is 13.0 Å². The van der Waals surface area contributed by atoms with Gasteiger partial charge in [-0.15, -0.1) is 0 Å². The molecule has 154 valence electrons. The minimum absolute atomic E-state index is 0.00251. The first kappa shape index (κ1) is 20.8. The molecule has 0 N–H and O–H groups in total. The minimum atomic E-state index is -0.311. The molecule has 0 unspecified atom stereocenters. The molecule has 0 aliphatic carbocycles. The molecule has 3 rings (SSSR count). The van der Waals surface area contributed by atoms with Gasteiger partial charge >= 0.3 is 0 Å². The highest BCUT2D eigenvalue weighted by atomic mass is 19.1. The maximum absolute atomic E-state index is 13.0. The van der Waals surface area contributed by atoms with Gasteiger partial charge in [0, 0.05) is 31.7 Å². The first-order valence-electron chi connectivity index (χ1n) is 10.1. The van der Waals surface area contributed by atoms with Crippen LogP contribution in [0.3, 0.4) is 0 Å². The van der Waals surface area contributed by atoms with Crippen molar-refractivity contribution in [2.45, 2.75) is 26.2 Å². The summed E-state index contributed by atoms with van der Waals surface area (Å²) in [6.45, 7) is 4.80. The Balaban J connectivity index is 1.48. The van der Waals surface area contributed by atoms with Crippen LogP contribution >= 0.6 is 0 Å². The van der Waals surface area contributed by atoms with Crippen LogP contribution in [0.4, 0.5) is 4.39 Å². The van der Waals surface area contributed by atoms with Gasteiger partial charge in [0.15, 0.2) is 0 Å². The third-order valence-electron chi connectivity index (χ3n) is 5.06. The van der Waals surface area contributed by atoms with Gasteiger partial charge in [-0.3, -0.25) is 9.59 Å². The quantitative estimate of drug-likeness (QED) is 0.671. The Hall–Kier alpha value is -2.89. The van der Waals surface area contributed by atoms with Crippen LogP contribution in [0, 0.1) is 5.82 Å². The molecule has 1 aliphatic heterocycles. The van der Waals surface area contributed by atoms with Crippen molar-refractivity contribution >= 4 is 11.8 Å². The van der Waals surface area contributed by atoms with Crippen LogP contribution in [-0.2, 0) is 11.2 Å². The molecule has 0 bridgehead atoms. The second kappa shape index (κ2) is 10.0. The first-order chi connectivity index (χ1) is 14.1. The Morgan fingerprint density at radius 3 is 2.17 bits per heavy atom. The van der Waals surface area contributed by atoms with Gasteiger partial charge in [0.25, 0.3) is 5.91 Å². The summed E-state index contributed by atoms with van der Waals surface area (Å²) in [4.78, 5) is 28.7. The normalized spacial score (nSPS) is 14.0. The largest absolute Gasteiger partial charge is 0.494 e. The lowest BCUT2D eigenvalue weighted by atomic mass is 10.1. The summed E-state index contributed by atoms with van der Waals surface area (Å²) < 4.78 is 18.6. The number of hydrogen-bond acceptors (Lipinski definition) is 3. The van der Waals surface area contributed by atoms with Crippen molar-refractivity contribution in [3.63, 3.8) is 0 Å². The summed E-state index contributed by atoms with van der Waals surface area (Å²) in [6, 6.07) is 13.2. The average Bonchev–Trinajstić information content (AvgIpc) is 2.75. The topological polar surface area (TPSA) is 49.9 Å². The van der Waals surface area contributed by atoms with Gasteiger partial charge in [-0.2, -0.15) is 0 Å². The van der Waals surface area contributed by atoms with Gasteiger partial charge in [0.1, 0.15) is 11.6 Å². The molecule has 1 heterocycles. The van der Waals surface area contributed by atoms with Gasteiger partial charge in [-0.1, -0.05) is 25.5 Å². The molecular formula is C23H27FN2O3. The number of piperazine rings is 1. The van der Waals surface area contributed by atoms with Crippen LogP contribution in [0.5, 0.6) is 5.75 Å². The molecule has 29 heavy (non-hydrogen) atoms. The number of ether oxygens (including phenoxy) is 1. The Labute approximate surface area is 171 Å². The number of unbranched alkanes of at least 4 members (excludes halogenated alkanes) is 1. The number of rotatable bonds is 7. The summed E-state index contributed by atoms with van der Waals surface area (Å²) in [6.07, 6.45) is 2.33. The summed E-state index contributed by atoms with van der Waals surface area (Å²) in [5, 5.41) is 0. The molecule has 1 aliphatic rings. The molecule has 0 aromatic heterocycles. The number of carbonyl (C=O) groups is 2. The van der Waals surface area contributed by atoms with Crippen LogP contribution < -0.4 is 4.74 Å². The van der Waals surface area contributed by atoms with Gasteiger partial charge in [0.2, 0.25) is 5.91 Å². The lowest BCUT2D eigenvalue weighted by Crippen LogP contribution is -2.51. The van der Waals surface area contributed by atoms with Crippen LogP contribution in [-0.4, -0.2) is 54.4 Å². The van der Waals surface area contributed by atoms with E-state index in [2.05, 4.69) is 6.92 Å². The van der Waals surface area contributed by atoms with Gasteiger partial charge < -0.3 is 14.5 Å². The Morgan fingerprint density at radius 2 is 1.55 bits per heavy atom. The average molecular weight is 398 g/mol. The van der Waals surface area contributed by atoms with Gasteiger partial charge in [-0.05, 0) is 48.4 Å². The first-order valence-corrected chi connectivity index (χ1v) is 10.1. The standard InChI is InChI=1S/C23H27FN2O3/c1-2-3-16-29-21-10-6-19(7-11-21)23(28)26-14-12-25(13-15-26)22(27)17-18-4-8-20(24)9-5-18/h4-11H,2-3,12-17H2,1H3. The van der Waals surface area contributed by atoms with Crippen molar-refractivity contribution in [3.05, 3.63) is 65.5 Å². The zero-order valence-corrected chi connectivity index (χ0v) is 16.8. The molecular weight excluding hydrogens is 371 g/mol. The summed E-state index contributed by atoms with van der Waals surface area (Å²) >= 11 is 0. The second-order valence-electron chi connectivity index (χ2n) is 7.20. The van der Waals surface area contributed by atoms with E-state index in [1.165, 1.54) is 12.1 Å². The van der Waals surface area contributed by atoms with Crippen molar-refractivity contribution in [2.24, 2.45) is 0 Å². The Kier molecular flexibility index (Phi) is 7.22. The van der Waals surface area contributed by atoms with Crippen LogP contribution in [0.2, 0.25) is 0 Å². The number of carbonyl (C=O) groups excluding carboxylic acids is 2. The molecule has 2 aromatic rings. The number of benzene rings is 2. The maximum atomic E-state index is 13.0. The monoisotopic (exact) mass is 398 g/mol. The molecule has 2 aromatic carbocycles. The Bertz CT molecular complexity index is 813. The number of halogens is 1. The molecule has 1 fully saturated rings. The predicted octanol–water partition coefficient (Wildman–Crippen LogP) is 3.53. The fourth-order valence-electron chi connectivity index (χ4n) is 3.26. The van der Waals surface area contributed by atoms with E-state index in [1.807, 2.05) is 12.1 Å². The summed E-state index contributed by atoms with van der Waals surface area (Å²) in [5.74, 6) is 0.424. The number of nitrogens with zero attached hydrogens (tertiary/aromatic N) is 2. The van der Waals surface area contributed by atoms with Crippen LogP contribution in [0.1, 0.15) is 35.7 Å².